The van der Waals surface area contributed by atoms with Crippen LogP contribution in [0.25, 0.3) is 10.9 Å². The number of halogens is 2. The van der Waals surface area contributed by atoms with Crippen molar-refractivity contribution in [2.45, 2.75) is 45.4 Å². The number of nitrogens with zero attached hydrogens (tertiary/aromatic N) is 5. The first kappa shape index (κ1) is 18.1. The molecule has 0 saturated heterocycles. The second kappa shape index (κ2) is 7.76. The smallest absolute Gasteiger partial charge is 0.387 e. The third kappa shape index (κ3) is 3.58. The number of ether oxygens (including phenoxy) is 1. The number of hydrogen-bond acceptors (Lipinski definition) is 6. The highest BCUT2D eigenvalue weighted by Crippen LogP contribution is 2.30. The van der Waals surface area contributed by atoms with Gasteiger partial charge in [-0.1, -0.05) is 6.42 Å². The van der Waals surface area contributed by atoms with Crippen molar-refractivity contribution in [3.63, 3.8) is 0 Å². The van der Waals surface area contributed by atoms with E-state index in [2.05, 4.69) is 35.9 Å². The molecular weight excluding hydrogens is 366 g/mol. The summed E-state index contributed by atoms with van der Waals surface area (Å²) in [6, 6.07) is 6.57. The van der Waals surface area contributed by atoms with Gasteiger partial charge in [0.15, 0.2) is 5.82 Å². The summed E-state index contributed by atoms with van der Waals surface area (Å²) >= 11 is 0. The molecule has 1 N–H and O–H groups in total. The maximum Gasteiger partial charge on any atom is 0.387 e. The molecule has 0 bridgehead atoms. The maximum atomic E-state index is 12.6. The molecule has 1 aliphatic rings. The second-order valence-corrected chi connectivity index (χ2v) is 6.56. The van der Waals surface area contributed by atoms with E-state index in [0.29, 0.717) is 28.7 Å². The van der Waals surface area contributed by atoms with E-state index in [0.717, 1.165) is 43.9 Å². The topological polar surface area (TPSA) is 88.7 Å². The van der Waals surface area contributed by atoms with E-state index in [1.54, 1.807) is 6.07 Å². The van der Waals surface area contributed by atoms with Gasteiger partial charge >= 0.3 is 6.61 Å². The quantitative estimate of drug-likeness (QED) is 0.723. The van der Waals surface area contributed by atoms with Crippen LogP contribution in [0, 0.1) is 11.3 Å². The van der Waals surface area contributed by atoms with Crippen LogP contribution in [-0.2, 0) is 19.5 Å². The van der Waals surface area contributed by atoms with Crippen molar-refractivity contribution in [2.24, 2.45) is 0 Å². The van der Waals surface area contributed by atoms with E-state index >= 15 is 0 Å². The third-order valence-corrected chi connectivity index (χ3v) is 4.79. The Balaban J connectivity index is 1.67. The van der Waals surface area contributed by atoms with E-state index in [4.69, 9.17) is 0 Å². The second-order valence-electron chi connectivity index (χ2n) is 6.56. The van der Waals surface area contributed by atoms with Gasteiger partial charge in [0.05, 0.1) is 23.3 Å². The zero-order valence-corrected chi connectivity index (χ0v) is 15.0. The monoisotopic (exact) mass is 384 g/mol. The number of pyridine rings is 1. The van der Waals surface area contributed by atoms with Crippen LogP contribution in [0.4, 0.5) is 14.5 Å². The molecule has 2 aromatic heterocycles. The number of rotatable bonds is 5. The molecule has 4 rings (SSSR count). The SMILES string of the molecule is N#Cc1cnc2ccc(OC(F)F)cc2c1NCc1nnc2n1CCCCC2. The predicted octanol–water partition coefficient (Wildman–Crippen LogP) is 3.64. The summed E-state index contributed by atoms with van der Waals surface area (Å²) in [4.78, 5) is 4.22. The van der Waals surface area contributed by atoms with Gasteiger partial charge in [0.1, 0.15) is 17.6 Å². The van der Waals surface area contributed by atoms with Gasteiger partial charge in [-0.25, -0.2) is 0 Å². The molecule has 9 heteroatoms. The van der Waals surface area contributed by atoms with E-state index in [-0.39, 0.29) is 5.75 Å². The molecule has 3 heterocycles. The average Bonchev–Trinajstić information content (AvgIpc) is 2.91. The molecule has 3 aromatic rings. The lowest BCUT2D eigenvalue weighted by Crippen LogP contribution is -2.11. The predicted molar refractivity (Wildman–Crippen MR) is 98.0 cm³/mol. The van der Waals surface area contributed by atoms with E-state index in [9.17, 15) is 14.0 Å². The standard InChI is InChI=1S/C19H18F2N6O/c20-19(21)28-13-5-6-15-14(8-13)18(12(9-22)10-23-15)24-11-17-26-25-16-4-2-1-3-7-27(16)17/h5-6,8,10,19H,1-4,7,11H2,(H,23,24). The lowest BCUT2D eigenvalue weighted by atomic mass is 10.1. The molecule has 7 nitrogen and oxygen atoms in total. The highest BCUT2D eigenvalue weighted by Gasteiger charge is 2.16. The zero-order chi connectivity index (χ0) is 19.5. The Labute approximate surface area is 160 Å². The lowest BCUT2D eigenvalue weighted by Gasteiger charge is -2.13. The van der Waals surface area contributed by atoms with Gasteiger partial charge in [0, 0.05) is 24.5 Å². The summed E-state index contributed by atoms with van der Waals surface area (Å²) in [6.45, 7) is -1.69. The number of aromatic nitrogens is 4. The molecule has 144 valence electrons. The number of nitriles is 1. The molecule has 0 saturated carbocycles. The molecule has 0 aliphatic carbocycles. The first-order valence-corrected chi connectivity index (χ1v) is 9.08. The molecule has 0 spiro atoms. The molecule has 1 aromatic carbocycles. The van der Waals surface area contributed by atoms with Gasteiger partial charge in [-0.2, -0.15) is 14.0 Å². The fraction of sp³-hybridized carbons (Fsp3) is 0.368. The number of aryl methyl sites for hydroxylation is 1. The van der Waals surface area contributed by atoms with Gasteiger partial charge in [-0.05, 0) is 31.0 Å². The minimum absolute atomic E-state index is 0.0128. The van der Waals surface area contributed by atoms with Crippen LogP contribution in [0.15, 0.2) is 24.4 Å². The Morgan fingerprint density at radius 3 is 2.96 bits per heavy atom. The summed E-state index contributed by atoms with van der Waals surface area (Å²) in [5.74, 6) is 1.77. The average molecular weight is 384 g/mol. The lowest BCUT2D eigenvalue weighted by molar-refractivity contribution is -0.0497. The minimum Gasteiger partial charge on any atom is -0.435 e. The van der Waals surface area contributed by atoms with Gasteiger partial charge in [0.2, 0.25) is 0 Å². The molecule has 0 amide bonds. The van der Waals surface area contributed by atoms with Crippen LogP contribution in [0.2, 0.25) is 0 Å². The number of fused-ring (bicyclic) bond motifs is 2. The van der Waals surface area contributed by atoms with Crippen molar-refractivity contribution in [3.8, 4) is 11.8 Å². The van der Waals surface area contributed by atoms with Gasteiger partial charge in [-0.15, -0.1) is 10.2 Å². The summed E-state index contributed by atoms with van der Waals surface area (Å²) in [5, 5.41) is 21.8. The highest BCUT2D eigenvalue weighted by molar-refractivity contribution is 5.94. The van der Waals surface area contributed by atoms with Crippen molar-refractivity contribution in [3.05, 3.63) is 41.6 Å². The van der Waals surface area contributed by atoms with Crippen molar-refractivity contribution in [2.75, 3.05) is 5.32 Å². The summed E-state index contributed by atoms with van der Waals surface area (Å²) in [5.41, 5.74) is 1.40. The van der Waals surface area contributed by atoms with Crippen LogP contribution in [-0.4, -0.2) is 26.4 Å². The molecule has 0 unspecified atom stereocenters. The summed E-state index contributed by atoms with van der Waals surface area (Å²) in [6.07, 6.45) is 5.71. The van der Waals surface area contributed by atoms with Crippen molar-refractivity contribution < 1.29 is 13.5 Å². The number of alkyl halides is 2. The first-order valence-electron chi connectivity index (χ1n) is 9.08. The molecule has 0 atom stereocenters. The largest absolute Gasteiger partial charge is 0.435 e. The van der Waals surface area contributed by atoms with Crippen molar-refractivity contribution in [1.82, 2.24) is 19.7 Å². The van der Waals surface area contributed by atoms with Crippen LogP contribution >= 0.6 is 0 Å². The normalized spacial score (nSPS) is 13.8. The maximum absolute atomic E-state index is 12.6. The van der Waals surface area contributed by atoms with Crippen molar-refractivity contribution in [1.29, 1.82) is 5.26 Å². The van der Waals surface area contributed by atoms with Gasteiger partial charge < -0.3 is 14.6 Å². The molecule has 0 radical (unpaired) electrons. The number of benzene rings is 1. The van der Waals surface area contributed by atoms with Gasteiger partial charge in [0.25, 0.3) is 0 Å². The minimum atomic E-state index is -2.92. The van der Waals surface area contributed by atoms with Crippen molar-refractivity contribution >= 4 is 16.6 Å². The molecule has 1 aliphatic heterocycles. The summed E-state index contributed by atoms with van der Waals surface area (Å²) < 4.78 is 31.7. The van der Waals surface area contributed by atoms with Crippen LogP contribution in [0.5, 0.6) is 5.75 Å². The molecule has 0 fully saturated rings. The van der Waals surface area contributed by atoms with Crippen LogP contribution in [0.1, 0.15) is 36.5 Å². The fourth-order valence-corrected chi connectivity index (χ4v) is 3.47. The number of anilines is 1. The first-order chi connectivity index (χ1) is 13.7. The number of nitrogens with one attached hydrogen (secondary N) is 1. The molecule has 28 heavy (non-hydrogen) atoms. The zero-order valence-electron chi connectivity index (χ0n) is 15.0. The molecular formula is C19H18F2N6O. The van der Waals surface area contributed by atoms with E-state index < -0.39 is 6.61 Å². The van der Waals surface area contributed by atoms with Crippen LogP contribution in [0.3, 0.4) is 0 Å². The Morgan fingerprint density at radius 1 is 1.25 bits per heavy atom. The van der Waals surface area contributed by atoms with E-state index in [1.807, 2.05) is 0 Å². The van der Waals surface area contributed by atoms with E-state index in [1.165, 1.54) is 18.3 Å². The van der Waals surface area contributed by atoms with Gasteiger partial charge in [-0.3, -0.25) is 4.98 Å². The highest BCUT2D eigenvalue weighted by atomic mass is 19.3. The third-order valence-electron chi connectivity index (χ3n) is 4.79. The Hall–Kier alpha value is -3.28. The fourth-order valence-electron chi connectivity index (χ4n) is 3.47. The Bertz CT molecular complexity index is 1040. The van der Waals surface area contributed by atoms with Crippen LogP contribution < -0.4 is 10.1 Å². The Kier molecular flexibility index (Phi) is 5.02. The summed E-state index contributed by atoms with van der Waals surface area (Å²) in [7, 11) is 0. The Morgan fingerprint density at radius 2 is 2.14 bits per heavy atom. The number of hydrogen-bond donors (Lipinski definition) is 1.